The number of carbonyl (C=O) groups excluding carboxylic acids is 1. The molecule has 1 aromatic heterocycles. The molecule has 5 nitrogen and oxygen atoms in total. The van der Waals surface area contributed by atoms with Gasteiger partial charge in [-0.05, 0) is 56.7 Å². The summed E-state index contributed by atoms with van der Waals surface area (Å²) in [6.07, 6.45) is 5.03. The molecule has 0 amide bonds. The molecule has 2 aromatic rings. The van der Waals surface area contributed by atoms with Crippen molar-refractivity contribution in [3.05, 3.63) is 46.8 Å². The number of ether oxygens (including phenoxy) is 1. The minimum Gasteiger partial charge on any atom is -0.459 e. The Kier molecular flexibility index (Phi) is 5.92. The van der Waals surface area contributed by atoms with Gasteiger partial charge >= 0.3 is 5.97 Å². The molecule has 27 heavy (non-hydrogen) atoms. The fraction of sp³-hybridized carbons (Fsp3) is 0.571. The maximum atomic E-state index is 16.0. The van der Waals surface area contributed by atoms with Crippen molar-refractivity contribution in [2.45, 2.75) is 70.6 Å². The van der Waals surface area contributed by atoms with Gasteiger partial charge in [-0.15, -0.1) is 5.10 Å². The third-order valence-corrected chi connectivity index (χ3v) is 5.41. The quantitative estimate of drug-likeness (QED) is 0.734. The molecule has 146 valence electrons. The van der Waals surface area contributed by atoms with Gasteiger partial charge in [-0.3, -0.25) is 4.68 Å². The van der Waals surface area contributed by atoms with E-state index < -0.39 is 5.67 Å². The average molecular weight is 373 g/mol. The number of hydrogen-bond donors (Lipinski definition) is 0. The summed E-state index contributed by atoms with van der Waals surface area (Å²) >= 11 is 0. The first-order valence-corrected chi connectivity index (χ1v) is 9.81. The second kappa shape index (κ2) is 8.19. The zero-order valence-corrected chi connectivity index (χ0v) is 16.4. The van der Waals surface area contributed by atoms with Crippen LogP contribution >= 0.6 is 0 Å². The first-order chi connectivity index (χ1) is 12.9. The molecule has 2 atom stereocenters. The van der Waals surface area contributed by atoms with Gasteiger partial charge in [0.2, 0.25) is 0 Å². The molecule has 1 aliphatic rings. The topological polar surface area (TPSA) is 57.0 Å². The van der Waals surface area contributed by atoms with Gasteiger partial charge in [-0.25, -0.2) is 9.18 Å². The van der Waals surface area contributed by atoms with E-state index in [1.165, 1.54) is 0 Å². The predicted molar refractivity (Wildman–Crippen MR) is 101 cm³/mol. The Bertz CT molecular complexity index is 787. The summed E-state index contributed by atoms with van der Waals surface area (Å²) in [4.78, 5) is 12.1. The Balaban J connectivity index is 1.79. The van der Waals surface area contributed by atoms with Crippen LogP contribution in [0.5, 0.6) is 0 Å². The van der Waals surface area contributed by atoms with Crippen molar-refractivity contribution in [3.63, 3.8) is 0 Å². The monoisotopic (exact) mass is 373 g/mol. The molecule has 0 bridgehead atoms. The van der Waals surface area contributed by atoms with E-state index in [0.29, 0.717) is 17.7 Å². The van der Waals surface area contributed by atoms with Crippen LogP contribution in [0.15, 0.2) is 24.3 Å². The SMILES string of the molecule is CC[C@H](C)OC(=O)c1ccc(CC2(F)CCCCCc3c2nnn3C)cc1. The van der Waals surface area contributed by atoms with Gasteiger partial charge in [0.1, 0.15) is 5.69 Å². The van der Waals surface area contributed by atoms with Gasteiger partial charge in [0.15, 0.2) is 5.67 Å². The van der Waals surface area contributed by atoms with Crippen molar-refractivity contribution in [1.82, 2.24) is 15.0 Å². The molecule has 0 radical (unpaired) electrons. The Labute approximate surface area is 159 Å². The minimum absolute atomic E-state index is 0.115. The molecule has 1 aliphatic carbocycles. The normalized spacial score (nSPS) is 21.0. The summed E-state index contributed by atoms with van der Waals surface area (Å²) in [7, 11) is 1.82. The van der Waals surface area contributed by atoms with Crippen LogP contribution in [0.4, 0.5) is 4.39 Å². The molecular formula is C21H28FN3O2. The molecule has 1 unspecified atom stereocenters. The lowest BCUT2D eigenvalue weighted by molar-refractivity contribution is 0.0334. The average Bonchev–Trinajstić information content (AvgIpc) is 3.01. The number of rotatable bonds is 5. The van der Waals surface area contributed by atoms with Crippen LogP contribution in [-0.4, -0.2) is 27.1 Å². The second-order valence-corrected chi connectivity index (χ2v) is 7.53. The Morgan fingerprint density at radius 3 is 2.74 bits per heavy atom. The number of esters is 1. The highest BCUT2D eigenvalue weighted by molar-refractivity contribution is 5.89. The predicted octanol–water partition coefficient (Wildman–Crippen LogP) is 4.29. The lowest BCUT2D eigenvalue weighted by atomic mass is 9.84. The number of hydrogen-bond acceptors (Lipinski definition) is 4. The third kappa shape index (κ3) is 4.37. The number of halogens is 1. The first kappa shape index (κ1) is 19.5. The summed E-state index contributed by atoms with van der Waals surface area (Å²) in [5.74, 6) is -0.340. The summed E-state index contributed by atoms with van der Waals surface area (Å²) in [5.41, 5.74) is 1.18. The molecule has 1 heterocycles. The highest BCUT2D eigenvalue weighted by atomic mass is 19.1. The lowest BCUT2D eigenvalue weighted by Crippen LogP contribution is -2.27. The van der Waals surface area contributed by atoms with Crippen molar-refractivity contribution >= 4 is 5.97 Å². The number of alkyl halides is 1. The molecule has 0 saturated heterocycles. The second-order valence-electron chi connectivity index (χ2n) is 7.53. The van der Waals surface area contributed by atoms with E-state index in [1.807, 2.05) is 33.0 Å². The molecule has 3 rings (SSSR count). The van der Waals surface area contributed by atoms with Gasteiger partial charge in [0.05, 0.1) is 17.4 Å². The Morgan fingerprint density at radius 1 is 1.30 bits per heavy atom. The molecule has 0 saturated carbocycles. The van der Waals surface area contributed by atoms with Crippen LogP contribution in [0.1, 0.15) is 73.3 Å². The maximum absolute atomic E-state index is 16.0. The summed E-state index contributed by atoms with van der Waals surface area (Å²) < 4.78 is 23.0. The van der Waals surface area contributed by atoms with Gasteiger partial charge in [0.25, 0.3) is 0 Å². The molecule has 0 N–H and O–H groups in total. The molecule has 0 aliphatic heterocycles. The largest absolute Gasteiger partial charge is 0.459 e. The van der Waals surface area contributed by atoms with Gasteiger partial charge in [-0.1, -0.05) is 30.7 Å². The molecule has 0 fully saturated rings. The standard InChI is InChI=1S/C21H28FN3O2/c1-4-15(2)27-20(26)17-11-9-16(10-12-17)14-21(22)13-7-5-6-8-18-19(21)23-24-25(18)3/h9-12,15H,4-8,13-14H2,1-3H3/t15-,21?/m0/s1. The maximum Gasteiger partial charge on any atom is 0.338 e. The number of nitrogens with zero attached hydrogens (tertiary/aromatic N) is 3. The Morgan fingerprint density at radius 2 is 2.04 bits per heavy atom. The lowest BCUT2D eigenvalue weighted by Gasteiger charge is -2.26. The van der Waals surface area contributed by atoms with Gasteiger partial charge < -0.3 is 4.74 Å². The van der Waals surface area contributed by atoms with Gasteiger partial charge in [0, 0.05) is 13.5 Å². The summed E-state index contributed by atoms with van der Waals surface area (Å²) in [5, 5.41) is 8.22. The number of carbonyl (C=O) groups is 1. The van der Waals surface area contributed by atoms with Crippen molar-refractivity contribution < 1.29 is 13.9 Å². The molecular weight excluding hydrogens is 345 g/mol. The van der Waals surface area contributed by atoms with Crippen molar-refractivity contribution in [2.24, 2.45) is 7.05 Å². The number of benzene rings is 1. The van der Waals surface area contributed by atoms with E-state index in [9.17, 15) is 4.79 Å². The molecule has 0 spiro atoms. The Hall–Kier alpha value is -2.24. The highest BCUT2D eigenvalue weighted by Gasteiger charge is 2.38. The molecule has 6 heteroatoms. The van der Waals surface area contributed by atoms with Crippen LogP contribution in [0.2, 0.25) is 0 Å². The molecule has 1 aromatic carbocycles. The van der Waals surface area contributed by atoms with Crippen LogP contribution in [0, 0.1) is 0 Å². The zero-order valence-electron chi connectivity index (χ0n) is 16.4. The zero-order chi connectivity index (χ0) is 19.4. The summed E-state index contributed by atoms with van der Waals surface area (Å²) in [6, 6.07) is 7.04. The minimum atomic E-state index is -1.53. The number of aryl methyl sites for hydroxylation is 1. The smallest absolute Gasteiger partial charge is 0.338 e. The van der Waals surface area contributed by atoms with Crippen molar-refractivity contribution in [2.75, 3.05) is 0 Å². The van der Waals surface area contributed by atoms with Crippen LogP contribution in [-0.2, 0) is 30.3 Å². The first-order valence-electron chi connectivity index (χ1n) is 9.81. The summed E-state index contributed by atoms with van der Waals surface area (Å²) in [6.45, 7) is 3.84. The van der Waals surface area contributed by atoms with Crippen LogP contribution in [0.3, 0.4) is 0 Å². The van der Waals surface area contributed by atoms with E-state index in [4.69, 9.17) is 4.74 Å². The fourth-order valence-electron chi connectivity index (χ4n) is 3.59. The van der Waals surface area contributed by atoms with Crippen LogP contribution < -0.4 is 0 Å². The van der Waals surface area contributed by atoms with E-state index in [1.54, 1.807) is 16.8 Å². The number of fused-ring (bicyclic) bond motifs is 1. The van der Waals surface area contributed by atoms with Gasteiger partial charge in [-0.2, -0.15) is 0 Å². The van der Waals surface area contributed by atoms with E-state index in [0.717, 1.165) is 43.4 Å². The van der Waals surface area contributed by atoms with E-state index >= 15 is 4.39 Å². The fourth-order valence-corrected chi connectivity index (χ4v) is 3.59. The third-order valence-electron chi connectivity index (χ3n) is 5.41. The highest BCUT2D eigenvalue weighted by Crippen LogP contribution is 2.38. The number of aromatic nitrogens is 3. The van der Waals surface area contributed by atoms with E-state index in [-0.39, 0.29) is 18.5 Å². The van der Waals surface area contributed by atoms with E-state index in [2.05, 4.69) is 10.3 Å². The van der Waals surface area contributed by atoms with Crippen molar-refractivity contribution in [3.8, 4) is 0 Å². The van der Waals surface area contributed by atoms with Crippen LogP contribution in [0.25, 0.3) is 0 Å². The van der Waals surface area contributed by atoms with Crippen molar-refractivity contribution in [1.29, 1.82) is 0 Å².